The van der Waals surface area contributed by atoms with E-state index in [9.17, 15) is 0 Å². The average Bonchev–Trinajstić information content (AvgIpc) is 3.10. The summed E-state index contributed by atoms with van der Waals surface area (Å²) in [6, 6.07) is 18.1. The van der Waals surface area contributed by atoms with Gasteiger partial charge in [0.15, 0.2) is 0 Å². The van der Waals surface area contributed by atoms with Crippen LogP contribution in [0.1, 0.15) is 45.2 Å². The van der Waals surface area contributed by atoms with Gasteiger partial charge >= 0.3 is 41.3 Å². The van der Waals surface area contributed by atoms with Gasteiger partial charge < -0.3 is 24.8 Å². The van der Waals surface area contributed by atoms with Gasteiger partial charge in [-0.2, -0.15) is 35.4 Å². The second kappa shape index (κ2) is 12.6. The molecule has 0 heterocycles. The monoisotopic (exact) mass is 460 g/mol. The van der Waals surface area contributed by atoms with Gasteiger partial charge in [0.25, 0.3) is 0 Å². The molecule has 0 spiro atoms. The van der Waals surface area contributed by atoms with Crippen molar-refractivity contribution in [3.8, 4) is 11.1 Å². The van der Waals surface area contributed by atoms with Gasteiger partial charge in [0.1, 0.15) is 0 Å². The maximum Gasteiger partial charge on any atom is -0.0253 e. The topological polar surface area (TPSA) is 0 Å². The zero-order valence-corrected chi connectivity index (χ0v) is 19.8. The normalized spacial score (nSPS) is 12.4. The molecule has 0 fully saturated rings. The van der Waals surface area contributed by atoms with Crippen molar-refractivity contribution in [2.75, 3.05) is 0 Å². The van der Waals surface area contributed by atoms with Crippen LogP contribution in [-0.4, -0.2) is 3.21 Å². The molecule has 0 radical (unpaired) electrons. The molecule has 0 aliphatic heterocycles. The first-order valence-electron chi connectivity index (χ1n) is 8.31. The quantitative estimate of drug-likeness (QED) is 0.410. The van der Waals surface area contributed by atoms with Crippen molar-refractivity contribution in [3.63, 3.8) is 0 Å². The molecule has 0 nitrogen and oxygen atoms in total. The van der Waals surface area contributed by atoms with Crippen molar-refractivity contribution < 1.29 is 49.0 Å². The van der Waals surface area contributed by atoms with E-state index in [1.807, 2.05) is 6.07 Å². The molecule has 2 aromatic carbocycles. The Hall–Kier alpha value is -0.747. The summed E-state index contributed by atoms with van der Waals surface area (Å²) in [6.45, 7) is 8.46. The van der Waals surface area contributed by atoms with Gasteiger partial charge in [0.05, 0.1) is 0 Å². The summed E-state index contributed by atoms with van der Waals surface area (Å²) in [5.74, 6) is 0. The molecule has 0 atom stereocenters. The molecule has 2 aliphatic rings. The van der Waals surface area contributed by atoms with Crippen LogP contribution in [0.15, 0.2) is 59.7 Å². The molecule has 26 heavy (non-hydrogen) atoms. The van der Waals surface area contributed by atoms with Crippen LogP contribution in [0.25, 0.3) is 11.1 Å². The number of allylic oxidation sites excluding steroid dienone is 4. The van der Waals surface area contributed by atoms with Gasteiger partial charge in [-0.05, 0) is 6.42 Å². The molecule has 136 valence electrons. The zero-order chi connectivity index (χ0) is 17.5. The summed E-state index contributed by atoms with van der Waals surface area (Å²) in [5, 5.41) is 0. The predicted octanol–water partition coefficient (Wildman–Crippen LogP) is -0.103. The Balaban J connectivity index is 0.000000415. The second-order valence-corrected chi connectivity index (χ2v) is 8.88. The van der Waals surface area contributed by atoms with Crippen molar-refractivity contribution in [3.05, 3.63) is 83.0 Å². The second-order valence-electron chi connectivity index (χ2n) is 6.42. The first kappa shape index (κ1) is 25.3. The Morgan fingerprint density at radius 1 is 0.962 bits per heavy atom. The van der Waals surface area contributed by atoms with Crippen LogP contribution < -0.4 is 24.8 Å². The average molecular weight is 463 g/mol. The van der Waals surface area contributed by atoms with Crippen LogP contribution >= 0.6 is 0 Å². The van der Waals surface area contributed by atoms with E-state index in [0.717, 1.165) is 12.8 Å². The van der Waals surface area contributed by atoms with Crippen molar-refractivity contribution in [1.82, 2.24) is 0 Å². The van der Waals surface area contributed by atoms with E-state index in [0.29, 0.717) is 0 Å². The molecule has 0 amide bonds. The van der Waals surface area contributed by atoms with Crippen molar-refractivity contribution in [2.24, 2.45) is 0 Å². The van der Waals surface area contributed by atoms with Crippen LogP contribution in [0.4, 0.5) is 0 Å². The molecule has 2 aliphatic carbocycles. The van der Waals surface area contributed by atoms with Gasteiger partial charge in [-0.25, -0.2) is 11.6 Å². The van der Waals surface area contributed by atoms with Crippen LogP contribution in [0.5, 0.6) is 0 Å². The maximum atomic E-state index is 3.30. The molecule has 2 aromatic rings. The minimum absolute atomic E-state index is 0. The number of fused-ring (bicyclic) bond motifs is 3. The molecule has 0 saturated carbocycles. The Morgan fingerprint density at radius 3 is 2.12 bits per heavy atom. The Bertz CT molecular complexity index is 741. The number of hydrogen-bond acceptors (Lipinski definition) is 0. The molecular formula is C23H24Cl2Zr-2. The summed E-state index contributed by atoms with van der Waals surface area (Å²) in [6.07, 6.45) is 7.46. The fourth-order valence-corrected chi connectivity index (χ4v) is 2.75. The van der Waals surface area contributed by atoms with Gasteiger partial charge in [0, 0.05) is 0 Å². The van der Waals surface area contributed by atoms with Crippen LogP contribution in [0, 0.1) is 12.1 Å². The summed E-state index contributed by atoms with van der Waals surface area (Å²) in [5.41, 5.74) is 8.23. The Labute approximate surface area is 185 Å². The zero-order valence-electron chi connectivity index (χ0n) is 15.8. The summed E-state index contributed by atoms with van der Waals surface area (Å²) < 4.78 is 1.51. The smallest absolute Gasteiger partial charge is 0.0253 e. The van der Waals surface area contributed by atoms with Crippen LogP contribution in [0.2, 0.25) is 0 Å². The van der Waals surface area contributed by atoms with Gasteiger partial charge in [0.2, 0.25) is 0 Å². The fourth-order valence-electron chi connectivity index (χ4n) is 2.75. The van der Waals surface area contributed by atoms with Crippen LogP contribution in [-0.2, 0) is 30.7 Å². The van der Waals surface area contributed by atoms with E-state index < -0.39 is 0 Å². The number of benzene rings is 2. The number of hydrogen-bond donors (Lipinski definition) is 0. The van der Waals surface area contributed by atoms with E-state index in [2.05, 4.69) is 82.3 Å². The molecule has 0 N–H and O–H groups in total. The van der Waals surface area contributed by atoms with E-state index in [4.69, 9.17) is 0 Å². The van der Waals surface area contributed by atoms with Crippen molar-refractivity contribution in [2.45, 2.75) is 40.5 Å². The Morgan fingerprint density at radius 2 is 1.58 bits per heavy atom. The molecule has 3 heteroatoms. The van der Waals surface area contributed by atoms with E-state index in [-0.39, 0.29) is 24.8 Å². The molecule has 4 rings (SSSR count). The molecule has 0 bridgehead atoms. The Kier molecular flexibility index (Phi) is 12.2. The van der Waals surface area contributed by atoms with Crippen molar-refractivity contribution >= 4 is 3.21 Å². The van der Waals surface area contributed by atoms with Gasteiger partial charge in [-0.15, -0.1) is 12.0 Å². The minimum atomic E-state index is 0. The van der Waals surface area contributed by atoms with E-state index in [1.54, 1.807) is 24.2 Å². The first-order valence-corrected chi connectivity index (χ1v) is 9.54. The van der Waals surface area contributed by atoms with E-state index in [1.165, 1.54) is 36.6 Å². The summed E-state index contributed by atoms with van der Waals surface area (Å²) in [7, 11) is 0. The SMILES string of the molecule is CC1=[C-]CC(C)=C1.C[C](C)=[Zr+2].[Cl-].[Cl-].[c-]1cccc2c1Cc1ccccc1-2. The van der Waals surface area contributed by atoms with Gasteiger partial charge in [-0.3, -0.25) is 6.08 Å². The van der Waals surface area contributed by atoms with Crippen LogP contribution in [0.3, 0.4) is 0 Å². The molecule has 0 unspecified atom stereocenters. The molecule has 0 saturated heterocycles. The first-order chi connectivity index (χ1) is 11.5. The minimum Gasteiger partial charge on any atom is -1.00 e. The third-order valence-electron chi connectivity index (χ3n) is 3.73. The summed E-state index contributed by atoms with van der Waals surface area (Å²) >= 11 is 1.55. The summed E-state index contributed by atoms with van der Waals surface area (Å²) in [4.78, 5) is 0. The van der Waals surface area contributed by atoms with E-state index >= 15 is 0 Å². The van der Waals surface area contributed by atoms with Crippen molar-refractivity contribution in [1.29, 1.82) is 0 Å². The number of rotatable bonds is 0. The molecular weight excluding hydrogens is 438 g/mol. The standard InChI is InChI=1S/C13H9.C7H9.C3H6.2ClH.Zr/c1-3-7-12-10(5-1)9-11-6-2-4-8-13(11)12;1-6-3-4-7(2)5-6;1-3-2;;;/h1-5,7-8H,9H2;5H,3H2,1-2H3;1-2H3;2*1H;/q2*-1;;;;+2/p-2. The van der Waals surface area contributed by atoms with Gasteiger partial charge in [-0.1, -0.05) is 49.2 Å². The fraction of sp³-hybridized carbons (Fsp3) is 0.261. The third-order valence-corrected chi connectivity index (χ3v) is 3.73. The predicted molar refractivity (Wildman–Crippen MR) is 101 cm³/mol. The maximum absolute atomic E-state index is 3.30. The largest absolute Gasteiger partial charge is 1.00 e. The number of halogens is 2. The molecule has 0 aromatic heterocycles. The third kappa shape index (κ3) is 7.87.